The average molecular weight is 385 g/mol. The first-order chi connectivity index (χ1) is 14.2. The number of benzene rings is 2. The molecule has 0 bridgehead atoms. The van der Waals surface area contributed by atoms with Crippen LogP contribution in [0.5, 0.6) is 0 Å². The monoisotopic (exact) mass is 385 g/mol. The van der Waals surface area contributed by atoms with E-state index in [1.165, 1.54) is 12.4 Å². The SMILES string of the molecule is CC(Nc1ncc2cc(-c3ncnc4[nH]ncc34)ccc2n1)c1ccccc1F. The molecule has 142 valence electrons. The Labute approximate surface area is 165 Å². The van der Waals surface area contributed by atoms with E-state index in [9.17, 15) is 4.39 Å². The summed E-state index contributed by atoms with van der Waals surface area (Å²) in [5, 5.41) is 11.8. The van der Waals surface area contributed by atoms with Crippen LogP contribution in [0.4, 0.5) is 10.3 Å². The van der Waals surface area contributed by atoms with Gasteiger partial charge in [-0.15, -0.1) is 0 Å². The predicted octanol–water partition coefficient (Wildman–Crippen LogP) is 4.28. The topological polar surface area (TPSA) is 92.3 Å². The minimum absolute atomic E-state index is 0.256. The van der Waals surface area contributed by atoms with Crippen LogP contribution in [0.1, 0.15) is 18.5 Å². The third-order valence-electron chi connectivity index (χ3n) is 4.82. The molecule has 0 aliphatic heterocycles. The molecule has 29 heavy (non-hydrogen) atoms. The average Bonchev–Trinajstić information content (AvgIpc) is 3.22. The van der Waals surface area contributed by atoms with E-state index in [4.69, 9.17) is 0 Å². The first-order valence-electron chi connectivity index (χ1n) is 9.11. The molecule has 5 aromatic rings. The molecule has 0 aliphatic rings. The van der Waals surface area contributed by atoms with Gasteiger partial charge in [-0.05, 0) is 25.1 Å². The van der Waals surface area contributed by atoms with E-state index in [-0.39, 0.29) is 11.9 Å². The van der Waals surface area contributed by atoms with Crippen LogP contribution in [-0.4, -0.2) is 30.1 Å². The van der Waals surface area contributed by atoms with E-state index in [0.29, 0.717) is 17.2 Å². The molecule has 0 saturated heterocycles. The molecule has 0 amide bonds. The highest BCUT2D eigenvalue weighted by atomic mass is 19.1. The van der Waals surface area contributed by atoms with Gasteiger partial charge in [0.1, 0.15) is 12.1 Å². The smallest absolute Gasteiger partial charge is 0.223 e. The molecule has 5 rings (SSSR count). The number of halogens is 1. The molecule has 7 nitrogen and oxygen atoms in total. The van der Waals surface area contributed by atoms with Crippen molar-refractivity contribution in [3.8, 4) is 11.3 Å². The largest absolute Gasteiger partial charge is 0.348 e. The number of H-pyrrole nitrogens is 1. The Hall–Kier alpha value is -3.94. The van der Waals surface area contributed by atoms with E-state index in [1.54, 1.807) is 24.5 Å². The van der Waals surface area contributed by atoms with Crippen molar-refractivity contribution in [3.05, 3.63) is 72.6 Å². The second kappa shape index (κ2) is 6.90. The minimum Gasteiger partial charge on any atom is -0.348 e. The van der Waals surface area contributed by atoms with Gasteiger partial charge >= 0.3 is 0 Å². The Morgan fingerprint density at radius 1 is 1.03 bits per heavy atom. The van der Waals surface area contributed by atoms with Gasteiger partial charge in [0.05, 0.1) is 28.8 Å². The van der Waals surface area contributed by atoms with E-state index in [0.717, 1.165) is 27.5 Å². The summed E-state index contributed by atoms with van der Waals surface area (Å²) in [6, 6.07) is 12.3. The number of rotatable bonds is 4. The molecule has 1 atom stereocenters. The number of aromatic amines is 1. The van der Waals surface area contributed by atoms with Crippen LogP contribution >= 0.6 is 0 Å². The van der Waals surface area contributed by atoms with Crippen molar-refractivity contribution in [3.63, 3.8) is 0 Å². The molecule has 8 heteroatoms. The normalized spacial score (nSPS) is 12.3. The Morgan fingerprint density at radius 2 is 1.93 bits per heavy atom. The standard InChI is InChI=1S/C21H16FN7/c1-12(15-4-2-3-5-17(15)22)27-21-23-9-14-8-13(6-7-18(14)28-21)19-16-10-26-29-20(16)25-11-24-19/h2-12H,1H3,(H,23,27,28)(H,24,25,26,29). The highest BCUT2D eigenvalue weighted by Crippen LogP contribution is 2.27. The number of aromatic nitrogens is 6. The van der Waals surface area contributed by atoms with Crippen molar-refractivity contribution in [1.82, 2.24) is 30.1 Å². The first-order valence-corrected chi connectivity index (χ1v) is 9.11. The zero-order valence-corrected chi connectivity index (χ0v) is 15.5. The van der Waals surface area contributed by atoms with Crippen molar-refractivity contribution in [2.75, 3.05) is 5.32 Å². The number of hydrogen-bond donors (Lipinski definition) is 2. The Balaban J connectivity index is 1.47. The van der Waals surface area contributed by atoms with E-state index in [1.807, 2.05) is 31.2 Å². The number of anilines is 1. The van der Waals surface area contributed by atoms with Crippen LogP contribution in [0, 0.1) is 5.82 Å². The molecule has 0 radical (unpaired) electrons. The maximum absolute atomic E-state index is 14.0. The molecule has 2 aromatic carbocycles. The van der Waals surface area contributed by atoms with Gasteiger partial charge in [0, 0.05) is 22.7 Å². The fourth-order valence-corrected chi connectivity index (χ4v) is 3.34. The van der Waals surface area contributed by atoms with Gasteiger partial charge in [0.2, 0.25) is 5.95 Å². The van der Waals surface area contributed by atoms with Crippen molar-refractivity contribution < 1.29 is 4.39 Å². The molecule has 0 spiro atoms. The fraction of sp³-hybridized carbons (Fsp3) is 0.0952. The Morgan fingerprint density at radius 3 is 2.83 bits per heavy atom. The molecule has 2 N–H and O–H groups in total. The summed E-state index contributed by atoms with van der Waals surface area (Å²) in [6.07, 6.45) is 4.96. The highest BCUT2D eigenvalue weighted by molar-refractivity contribution is 5.93. The summed E-state index contributed by atoms with van der Waals surface area (Å²) in [5.74, 6) is 0.189. The predicted molar refractivity (Wildman–Crippen MR) is 109 cm³/mol. The van der Waals surface area contributed by atoms with Crippen LogP contribution in [0.25, 0.3) is 33.2 Å². The van der Waals surface area contributed by atoms with Gasteiger partial charge in [0.15, 0.2) is 5.65 Å². The number of hydrogen-bond acceptors (Lipinski definition) is 6. The Bertz CT molecular complexity index is 1330. The van der Waals surface area contributed by atoms with Crippen LogP contribution in [-0.2, 0) is 0 Å². The number of fused-ring (bicyclic) bond motifs is 2. The Kier molecular flexibility index (Phi) is 4.09. The van der Waals surface area contributed by atoms with Crippen molar-refractivity contribution in [2.45, 2.75) is 13.0 Å². The molecule has 0 fully saturated rings. The van der Waals surface area contributed by atoms with Crippen LogP contribution < -0.4 is 5.32 Å². The maximum atomic E-state index is 14.0. The molecule has 0 saturated carbocycles. The third kappa shape index (κ3) is 3.14. The zero-order valence-electron chi connectivity index (χ0n) is 15.5. The van der Waals surface area contributed by atoms with Crippen molar-refractivity contribution in [2.24, 2.45) is 0 Å². The van der Waals surface area contributed by atoms with E-state index >= 15 is 0 Å². The fourth-order valence-electron chi connectivity index (χ4n) is 3.34. The molecule has 3 heterocycles. The summed E-state index contributed by atoms with van der Waals surface area (Å²) in [4.78, 5) is 17.5. The molecule has 1 unspecified atom stereocenters. The van der Waals surface area contributed by atoms with Crippen LogP contribution in [0.15, 0.2) is 61.2 Å². The summed E-state index contributed by atoms with van der Waals surface area (Å²) in [5.41, 5.74) is 3.76. The van der Waals surface area contributed by atoms with Gasteiger partial charge in [-0.3, -0.25) is 5.10 Å². The summed E-state index contributed by atoms with van der Waals surface area (Å²) in [7, 11) is 0. The lowest BCUT2D eigenvalue weighted by molar-refractivity contribution is 0.599. The second-order valence-electron chi connectivity index (χ2n) is 6.71. The second-order valence-corrected chi connectivity index (χ2v) is 6.71. The molecule has 0 aliphatic carbocycles. The summed E-state index contributed by atoms with van der Waals surface area (Å²) >= 11 is 0. The van der Waals surface area contributed by atoms with Gasteiger partial charge < -0.3 is 5.32 Å². The van der Waals surface area contributed by atoms with Gasteiger partial charge in [-0.25, -0.2) is 24.3 Å². The minimum atomic E-state index is -0.261. The first kappa shape index (κ1) is 17.2. The lowest BCUT2D eigenvalue weighted by Gasteiger charge is -2.15. The number of nitrogens with one attached hydrogen (secondary N) is 2. The summed E-state index contributed by atoms with van der Waals surface area (Å²) in [6.45, 7) is 1.88. The van der Waals surface area contributed by atoms with E-state index < -0.39 is 0 Å². The van der Waals surface area contributed by atoms with E-state index in [2.05, 4.69) is 35.5 Å². The zero-order chi connectivity index (χ0) is 19.8. The van der Waals surface area contributed by atoms with Crippen LogP contribution in [0.3, 0.4) is 0 Å². The van der Waals surface area contributed by atoms with Crippen molar-refractivity contribution in [1.29, 1.82) is 0 Å². The third-order valence-corrected chi connectivity index (χ3v) is 4.82. The molecular formula is C21H16FN7. The maximum Gasteiger partial charge on any atom is 0.223 e. The van der Waals surface area contributed by atoms with Crippen LogP contribution in [0.2, 0.25) is 0 Å². The van der Waals surface area contributed by atoms with Crippen molar-refractivity contribution >= 4 is 27.9 Å². The quantitative estimate of drug-likeness (QED) is 0.480. The molecule has 3 aromatic heterocycles. The number of nitrogens with zero attached hydrogens (tertiary/aromatic N) is 5. The van der Waals surface area contributed by atoms with Gasteiger partial charge in [0.25, 0.3) is 0 Å². The highest BCUT2D eigenvalue weighted by Gasteiger charge is 2.13. The van der Waals surface area contributed by atoms with Gasteiger partial charge in [-0.1, -0.05) is 24.3 Å². The molecular weight excluding hydrogens is 369 g/mol. The van der Waals surface area contributed by atoms with Gasteiger partial charge in [-0.2, -0.15) is 5.10 Å². The lowest BCUT2D eigenvalue weighted by atomic mass is 10.1. The summed E-state index contributed by atoms with van der Waals surface area (Å²) < 4.78 is 14.0. The lowest BCUT2D eigenvalue weighted by Crippen LogP contribution is -2.10.